The van der Waals surface area contributed by atoms with Crippen LogP contribution in [0, 0.1) is 0 Å². The summed E-state index contributed by atoms with van der Waals surface area (Å²) < 4.78 is 4.38. The SMILES string of the molecule is C[N+]1(Cc2ccccc2)CCN(C(=S)SCCCCSC(=S)N2CC[N+](C)(Cc3ccccc3)CC2)CC1.[Br-].[Br-]. The zero-order valence-corrected chi connectivity index (χ0v) is 30.3. The van der Waals surface area contributed by atoms with Crippen molar-refractivity contribution in [2.75, 3.05) is 78.0 Å². The van der Waals surface area contributed by atoms with Gasteiger partial charge in [0.2, 0.25) is 0 Å². The summed E-state index contributed by atoms with van der Waals surface area (Å²) in [7, 11) is 4.77. The average molecular weight is 749 g/mol. The summed E-state index contributed by atoms with van der Waals surface area (Å²) in [6.07, 6.45) is 2.39. The molecule has 2 aromatic rings. The first kappa shape index (κ1) is 36.0. The number of unbranched alkanes of at least 4 members (excludes halogenated alkanes) is 1. The van der Waals surface area contributed by atoms with Gasteiger partial charge >= 0.3 is 0 Å². The number of quaternary nitrogens is 2. The van der Waals surface area contributed by atoms with Crippen LogP contribution in [0.5, 0.6) is 0 Å². The lowest BCUT2D eigenvalue weighted by molar-refractivity contribution is -0.925. The molecular weight excluding hydrogens is 704 g/mol. The van der Waals surface area contributed by atoms with Crippen LogP contribution in [0.1, 0.15) is 24.0 Å². The van der Waals surface area contributed by atoms with E-state index in [4.69, 9.17) is 24.4 Å². The molecule has 0 radical (unpaired) electrons. The fourth-order valence-electron chi connectivity index (χ4n) is 5.33. The van der Waals surface area contributed by atoms with Gasteiger partial charge in [0.15, 0.2) is 0 Å². The number of likely N-dealkylation sites (N-methyl/N-ethyl adjacent to an activating group) is 2. The van der Waals surface area contributed by atoms with Gasteiger partial charge in [0.1, 0.15) is 21.7 Å². The van der Waals surface area contributed by atoms with Gasteiger partial charge in [0, 0.05) is 22.6 Å². The summed E-state index contributed by atoms with van der Waals surface area (Å²) in [5.41, 5.74) is 2.86. The highest BCUT2D eigenvalue weighted by Gasteiger charge is 2.31. The molecule has 2 heterocycles. The molecule has 0 aromatic heterocycles. The highest BCUT2D eigenvalue weighted by Crippen LogP contribution is 2.22. The topological polar surface area (TPSA) is 6.48 Å². The molecule has 2 aliphatic heterocycles. The number of halogens is 2. The minimum atomic E-state index is 0. The predicted molar refractivity (Wildman–Crippen MR) is 175 cm³/mol. The van der Waals surface area contributed by atoms with E-state index in [2.05, 4.69) is 84.6 Å². The van der Waals surface area contributed by atoms with Crippen LogP contribution in [0.15, 0.2) is 60.7 Å². The lowest BCUT2D eigenvalue weighted by Gasteiger charge is -2.42. The Kier molecular flexibility index (Phi) is 16.0. The summed E-state index contributed by atoms with van der Waals surface area (Å²) >= 11 is 15.3. The largest absolute Gasteiger partial charge is 1.00 e. The van der Waals surface area contributed by atoms with Crippen molar-refractivity contribution in [2.24, 2.45) is 0 Å². The van der Waals surface area contributed by atoms with E-state index in [1.54, 1.807) is 0 Å². The first-order valence-corrected chi connectivity index (χ1v) is 16.7. The maximum Gasteiger partial charge on any atom is 0.136 e. The monoisotopic (exact) mass is 746 g/mol. The smallest absolute Gasteiger partial charge is 0.136 e. The summed E-state index contributed by atoms with van der Waals surface area (Å²) in [6.45, 7) is 11.1. The molecule has 10 heteroatoms. The molecular formula is C30H44Br2N4S4. The Morgan fingerprint density at radius 1 is 0.625 bits per heavy atom. The van der Waals surface area contributed by atoms with Crippen molar-refractivity contribution in [1.82, 2.24) is 9.80 Å². The first-order chi connectivity index (χ1) is 18.3. The van der Waals surface area contributed by atoms with Gasteiger partial charge in [-0.2, -0.15) is 0 Å². The molecule has 2 aromatic carbocycles. The molecule has 0 bridgehead atoms. The Labute approximate surface area is 282 Å². The van der Waals surface area contributed by atoms with E-state index in [1.165, 1.54) is 24.0 Å². The number of thioether (sulfide) groups is 2. The Morgan fingerprint density at radius 3 is 1.27 bits per heavy atom. The molecule has 2 aliphatic rings. The van der Waals surface area contributed by atoms with Gasteiger partial charge < -0.3 is 52.7 Å². The quantitative estimate of drug-likeness (QED) is 0.197. The van der Waals surface area contributed by atoms with Gasteiger partial charge in [0.25, 0.3) is 0 Å². The molecule has 0 saturated carbocycles. The van der Waals surface area contributed by atoms with E-state index in [0.717, 1.165) is 94.6 Å². The molecule has 0 atom stereocenters. The molecule has 2 fully saturated rings. The van der Waals surface area contributed by atoms with Crippen LogP contribution in [0.2, 0.25) is 0 Å². The third kappa shape index (κ3) is 11.5. The number of benzene rings is 2. The van der Waals surface area contributed by atoms with Gasteiger partial charge in [-0.05, 0) is 12.8 Å². The Morgan fingerprint density at radius 2 is 0.950 bits per heavy atom. The van der Waals surface area contributed by atoms with Gasteiger partial charge in [-0.15, -0.1) is 0 Å². The van der Waals surface area contributed by atoms with Crippen LogP contribution >= 0.6 is 48.0 Å². The van der Waals surface area contributed by atoms with Crippen LogP contribution in [0.3, 0.4) is 0 Å². The Balaban J connectivity index is 0.00000280. The number of rotatable bonds is 9. The fraction of sp³-hybridized carbons (Fsp3) is 0.533. The maximum absolute atomic E-state index is 5.79. The number of nitrogens with zero attached hydrogens (tertiary/aromatic N) is 4. The predicted octanol–water partition coefficient (Wildman–Crippen LogP) is -0.264. The molecule has 0 spiro atoms. The van der Waals surface area contributed by atoms with Crippen molar-refractivity contribution in [3.63, 3.8) is 0 Å². The first-order valence-electron chi connectivity index (χ1n) is 13.9. The zero-order valence-electron chi connectivity index (χ0n) is 23.9. The second-order valence-electron chi connectivity index (χ2n) is 11.3. The second kappa shape index (κ2) is 17.8. The van der Waals surface area contributed by atoms with Crippen molar-refractivity contribution < 1.29 is 42.9 Å². The summed E-state index contributed by atoms with van der Waals surface area (Å²) in [5, 5.41) is 0. The van der Waals surface area contributed by atoms with Gasteiger partial charge in [-0.25, -0.2) is 0 Å². The van der Waals surface area contributed by atoms with Crippen LogP contribution < -0.4 is 34.0 Å². The number of hydrogen-bond donors (Lipinski definition) is 0. The Bertz CT molecular complexity index is 945. The van der Waals surface area contributed by atoms with Crippen molar-refractivity contribution in [1.29, 1.82) is 0 Å². The maximum atomic E-state index is 5.79. The molecule has 4 rings (SSSR count). The van der Waals surface area contributed by atoms with E-state index < -0.39 is 0 Å². The minimum absolute atomic E-state index is 0. The summed E-state index contributed by atoms with van der Waals surface area (Å²) in [6, 6.07) is 21.8. The fourth-order valence-corrected chi connectivity index (χ4v) is 7.97. The zero-order chi connectivity index (χ0) is 26.8. The lowest BCUT2D eigenvalue weighted by atomic mass is 10.1. The summed E-state index contributed by atoms with van der Waals surface area (Å²) in [5.74, 6) is 2.22. The normalized spacial score (nSPS) is 17.9. The van der Waals surface area contributed by atoms with Crippen molar-refractivity contribution in [3.05, 3.63) is 71.8 Å². The third-order valence-electron chi connectivity index (χ3n) is 7.96. The number of hydrogen-bond acceptors (Lipinski definition) is 4. The van der Waals surface area contributed by atoms with E-state index in [9.17, 15) is 0 Å². The molecule has 0 amide bonds. The van der Waals surface area contributed by atoms with Crippen LogP contribution in [-0.2, 0) is 13.1 Å². The van der Waals surface area contributed by atoms with Crippen molar-refractivity contribution >= 4 is 56.6 Å². The van der Waals surface area contributed by atoms with Gasteiger partial charge in [-0.1, -0.05) is 109 Å². The van der Waals surface area contributed by atoms with E-state index in [-0.39, 0.29) is 34.0 Å². The summed E-state index contributed by atoms with van der Waals surface area (Å²) in [4.78, 5) is 4.85. The minimum Gasteiger partial charge on any atom is -1.00 e. The Hall–Kier alpha value is -0.200. The van der Waals surface area contributed by atoms with Crippen molar-refractivity contribution in [3.8, 4) is 0 Å². The standard InChI is InChI=1S/C30H44N4S4.2BrH/c1-33(25-27-11-5-3-6-12-27)19-15-31(16-20-33)29(35)37-23-9-10-24-38-30(36)32-17-21-34(2,22-18-32)26-28-13-7-4-8-14-28;;/h3-8,11-14H,9-10,15-26H2,1-2H3;2*1H/q+2;;/p-2. The highest BCUT2D eigenvalue weighted by atomic mass is 79.9. The van der Waals surface area contributed by atoms with E-state index >= 15 is 0 Å². The molecule has 0 N–H and O–H groups in total. The van der Waals surface area contributed by atoms with Crippen LogP contribution in [0.4, 0.5) is 0 Å². The van der Waals surface area contributed by atoms with Gasteiger partial charge in [0.05, 0.1) is 66.5 Å². The highest BCUT2D eigenvalue weighted by molar-refractivity contribution is 8.23. The molecule has 0 aliphatic carbocycles. The van der Waals surface area contributed by atoms with Gasteiger partial charge in [-0.3, -0.25) is 0 Å². The van der Waals surface area contributed by atoms with Crippen LogP contribution in [-0.4, -0.2) is 105 Å². The van der Waals surface area contributed by atoms with E-state index in [0.29, 0.717) is 0 Å². The lowest BCUT2D eigenvalue weighted by Crippen LogP contribution is -3.00. The molecule has 4 nitrogen and oxygen atoms in total. The van der Waals surface area contributed by atoms with Crippen molar-refractivity contribution in [2.45, 2.75) is 25.9 Å². The average Bonchev–Trinajstić information content (AvgIpc) is 2.92. The molecule has 40 heavy (non-hydrogen) atoms. The van der Waals surface area contributed by atoms with Crippen LogP contribution in [0.25, 0.3) is 0 Å². The molecule has 222 valence electrons. The number of thiocarbonyl (C=S) groups is 2. The molecule has 0 unspecified atom stereocenters. The van der Waals surface area contributed by atoms with E-state index in [1.807, 2.05) is 23.5 Å². The second-order valence-corrected chi connectivity index (χ2v) is 14.8. The number of piperazine rings is 2. The third-order valence-corrected chi connectivity index (χ3v) is 11.2. The molecule has 2 saturated heterocycles.